The number of carbonyl (C=O) groups is 3. The average Bonchev–Trinajstić information content (AvgIpc) is 2.72. The number of amides is 3. The molecule has 1 N–H and O–H groups in total. The van der Waals surface area contributed by atoms with Crippen molar-refractivity contribution in [1.29, 1.82) is 0 Å². The second kappa shape index (κ2) is 5.48. The van der Waals surface area contributed by atoms with Gasteiger partial charge in [-0.1, -0.05) is 11.6 Å². The van der Waals surface area contributed by atoms with E-state index in [9.17, 15) is 18.8 Å². The first-order valence-electron chi connectivity index (χ1n) is 6.61. The minimum atomic E-state index is -0.748. The van der Waals surface area contributed by atoms with Gasteiger partial charge in [-0.15, -0.1) is 0 Å². The van der Waals surface area contributed by atoms with Crippen molar-refractivity contribution < 1.29 is 18.8 Å². The minimum Gasteiger partial charge on any atom is -0.322 e. The van der Waals surface area contributed by atoms with E-state index in [4.69, 9.17) is 11.6 Å². The monoisotopic (exact) mass is 332 g/mol. The van der Waals surface area contributed by atoms with Gasteiger partial charge >= 0.3 is 0 Å². The van der Waals surface area contributed by atoms with Gasteiger partial charge in [-0.25, -0.2) is 4.39 Å². The summed E-state index contributed by atoms with van der Waals surface area (Å²) in [6.07, 6.45) is 0. The van der Waals surface area contributed by atoms with Crippen LogP contribution in [-0.4, -0.2) is 29.7 Å². The number of fused-ring (bicyclic) bond motifs is 1. The molecule has 0 saturated heterocycles. The smallest absolute Gasteiger partial charge is 0.261 e. The Morgan fingerprint density at radius 1 is 1.09 bits per heavy atom. The lowest BCUT2D eigenvalue weighted by molar-refractivity contribution is 0.0692. The molecule has 23 heavy (non-hydrogen) atoms. The van der Waals surface area contributed by atoms with E-state index in [1.54, 1.807) is 0 Å². The molecule has 116 valence electrons. The van der Waals surface area contributed by atoms with Crippen LogP contribution in [0.15, 0.2) is 36.4 Å². The number of hydrogen-bond donors (Lipinski definition) is 1. The van der Waals surface area contributed by atoms with E-state index in [-0.39, 0.29) is 21.7 Å². The van der Waals surface area contributed by atoms with Crippen LogP contribution in [0.3, 0.4) is 0 Å². The fourth-order valence-electron chi connectivity index (χ4n) is 2.31. The molecule has 3 amide bonds. The van der Waals surface area contributed by atoms with Crippen LogP contribution in [0.4, 0.5) is 10.1 Å². The van der Waals surface area contributed by atoms with Crippen LogP contribution < -0.4 is 5.32 Å². The first-order valence-corrected chi connectivity index (χ1v) is 6.99. The van der Waals surface area contributed by atoms with Crippen molar-refractivity contribution in [3.05, 3.63) is 63.9 Å². The molecule has 0 fully saturated rings. The van der Waals surface area contributed by atoms with Crippen LogP contribution in [0.5, 0.6) is 0 Å². The summed E-state index contributed by atoms with van der Waals surface area (Å²) in [6, 6.07) is 8.03. The van der Waals surface area contributed by atoms with E-state index in [1.165, 1.54) is 37.4 Å². The minimum absolute atomic E-state index is 0.172. The predicted molar refractivity (Wildman–Crippen MR) is 82.2 cm³/mol. The molecule has 0 atom stereocenters. The lowest BCUT2D eigenvalue weighted by Crippen LogP contribution is -2.24. The summed E-state index contributed by atoms with van der Waals surface area (Å²) in [7, 11) is 1.38. The second-order valence-electron chi connectivity index (χ2n) is 5.01. The third-order valence-corrected chi connectivity index (χ3v) is 3.76. The Balaban J connectivity index is 1.89. The van der Waals surface area contributed by atoms with Crippen molar-refractivity contribution in [3.63, 3.8) is 0 Å². The van der Waals surface area contributed by atoms with Crippen LogP contribution >= 0.6 is 11.6 Å². The maximum Gasteiger partial charge on any atom is 0.261 e. The van der Waals surface area contributed by atoms with E-state index in [0.717, 1.165) is 11.0 Å². The van der Waals surface area contributed by atoms with Crippen LogP contribution in [-0.2, 0) is 0 Å². The van der Waals surface area contributed by atoms with E-state index < -0.39 is 23.5 Å². The van der Waals surface area contributed by atoms with Crippen LogP contribution in [0.25, 0.3) is 0 Å². The highest BCUT2D eigenvalue weighted by Gasteiger charge is 2.32. The van der Waals surface area contributed by atoms with Gasteiger partial charge in [0.1, 0.15) is 5.82 Å². The lowest BCUT2D eigenvalue weighted by atomic mass is 10.1. The third-order valence-electron chi connectivity index (χ3n) is 3.52. The molecule has 1 aliphatic heterocycles. The van der Waals surface area contributed by atoms with Gasteiger partial charge in [0.05, 0.1) is 16.7 Å². The van der Waals surface area contributed by atoms with Crippen molar-refractivity contribution in [2.24, 2.45) is 0 Å². The van der Waals surface area contributed by atoms with Gasteiger partial charge in [-0.05, 0) is 36.4 Å². The Morgan fingerprint density at radius 3 is 2.48 bits per heavy atom. The fourth-order valence-corrected chi connectivity index (χ4v) is 2.47. The molecule has 0 aromatic heterocycles. The number of nitrogens with one attached hydrogen (secondary N) is 1. The van der Waals surface area contributed by atoms with Crippen molar-refractivity contribution in [2.75, 3.05) is 12.4 Å². The molecule has 0 spiro atoms. The summed E-state index contributed by atoms with van der Waals surface area (Å²) in [5.74, 6) is -2.27. The predicted octanol–water partition coefficient (Wildman–Crippen LogP) is 2.96. The first kappa shape index (κ1) is 15.2. The normalized spacial score (nSPS) is 13.3. The SMILES string of the molecule is CN1C(=O)c2ccc(NC(=O)c3ccc(Cl)cc3F)cc2C1=O. The molecule has 2 aromatic carbocycles. The first-order chi connectivity index (χ1) is 10.9. The highest BCUT2D eigenvalue weighted by molar-refractivity contribution is 6.30. The lowest BCUT2D eigenvalue weighted by Gasteiger charge is -2.07. The zero-order valence-electron chi connectivity index (χ0n) is 11.9. The standard InChI is InChI=1S/C16H10ClFN2O3/c1-20-15(22)10-5-3-9(7-12(10)16(20)23)19-14(21)11-4-2-8(17)6-13(11)18/h2-7H,1H3,(H,19,21). The van der Waals surface area contributed by atoms with E-state index in [1.807, 2.05) is 0 Å². The van der Waals surface area contributed by atoms with Gasteiger partial charge in [-0.3, -0.25) is 19.3 Å². The van der Waals surface area contributed by atoms with E-state index in [0.29, 0.717) is 5.69 Å². The summed E-state index contributed by atoms with van der Waals surface area (Å²) < 4.78 is 13.7. The number of nitrogens with zero attached hydrogens (tertiary/aromatic N) is 1. The van der Waals surface area contributed by atoms with Gasteiger partial charge in [0.2, 0.25) is 0 Å². The van der Waals surface area contributed by atoms with Gasteiger partial charge in [0.15, 0.2) is 0 Å². The zero-order valence-corrected chi connectivity index (χ0v) is 12.6. The summed E-state index contributed by atoms with van der Waals surface area (Å²) in [5.41, 5.74) is 0.592. The number of carbonyl (C=O) groups excluding carboxylic acids is 3. The van der Waals surface area contributed by atoms with Crippen molar-refractivity contribution in [1.82, 2.24) is 4.90 Å². The number of imide groups is 1. The Morgan fingerprint density at radius 2 is 1.78 bits per heavy atom. The molecular formula is C16H10ClFN2O3. The molecule has 7 heteroatoms. The number of benzene rings is 2. The summed E-state index contributed by atoms with van der Waals surface area (Å²) in [5, 5.41) is 2.68. The average molecular weight is 333 g/mol. The molecule has 5 nitrogen and oxygen atoms in total. The van der Waals surface area contributed by atoms with Gasteiger partial charge < -0.3 is 5.32 Å². The zero-order chi connectivity index (χ0) is 16.7. The Hall–Kier alpha value is -2.73. The van der Waals surface area contributed by atoms with E-state index in [2.05, 4.69) is 5.32 Å². The topological polar surface area (TPSA) is 66.5 Å². The molecule has 0 radical (unpaired) electrons. The number of rotatable bonds is 2. The largest absolute Gasteiger partial charge is 0.322 e. The summed E-state index contributed by atoms with van der Waals surface area (Å²) in [6.45, 7) is 0. The quantitative estimate of drug-likeness (QED) is 0.860. The molecule has 2 aromatic rings. The molecule has 3 rings (SSSR count). The fraction of sp³-hybridized carbons (Fsp3) is 0.0625. The molecule has 0 unspecified atom stereocenters. The third kappa shape index (κ3) is 2.57. The van der Waals surface area contributed by atoms with Gasteiger partial charge in [-0.2, -0.15) is 0 Å². The molecule has 1 aliphatic rings. The summed E-state index contributed by atoms with van der Waals surface area (Å²) >= 11 is 5.64. The molecule has 0 bridgehead atoms. The maximum atomic E-state index is 13.7. The van der Waals surface area contributed by atoms with Crippen LogP contribution in [0, 0.1) is 5.82 Å². The molecule has 0 aliphatic carbocycles. The Bertz CT molecular complexity index is 866. The molecular weight excluding hydrogens is 323 g/mol. The van der Waals surface area contributed by atoms with E-state index >= 15 is 0 Å². The number of halogens is 2. The number of anilines is 1. The molecule has 0 saturated carbocycles. The van der Waals surface area contributed by atoms with Crippen LogP contribution in [0.1, 0.15) is 31.1 Å². The summed E-state index contributed by atoms with van der Waals surface area (Å²) in [4.78, 5) is 36.8. The highest BCUT2D eigenvalue weighted by atomic mass is 35.5. The van der Waals surface area contributed by atoms with Gasteiger partial charge in [0, 0.05) is 17.8 Å². The Kier molecular flexibility index (Phi) is 3.61. The highest BCUT2D eigenvalue weighted by Crippen LogP contribution is 2.25. The van der Waals surface area contributed by atoms with Crippen molar-refractivity contribution >= 4 is 35.0 Å². The van der Waals surface area contributed by atoms with Crippen molar-refractivity contribution in [2.45, 2.75) is 0 Å². The molecule has 1 heterocycles. The Labute approximate surface area is 135 Å². The van der Waals surface area contributed by atoms with Crippen molar-refractivity contribution in [3.8, 4) is 0 Å². The van der Waals surface area contributed by atoms with Crippen LogP contribution in [0.2, 0.25) is 5.02 Å². The number of hydrogen-bond acceptors (Lipinski definition) is 3. The van der Waals surface area contributed by atoms with Gasteiger partial charge in [0.25, 0.3) is 17.7 Å². The second-order valence-corrected chi connectivity index (χ2v) is 5.44. The maximum absolute atomic E-state index is 13.7.